The van der Waals surface area contributed by atoms with Crippen LogP contribution in [0.3, 0.4) is 0 Å². The minimum Gasteiger partial charge on any atom is -0.324 e. The molecule has 1 rings (SSSR count). The highest BCUT2D eigenvalue weighted by atomic mass is 19.1. The van der Waals surface area contributed by atoms with Gasteiger partial charge in [0.15, 0.2) is 0 Å². The molecule has 0 aromatic heterocycles. The van der Waals surface area contributed by atoms with Crippen molar-refractivity contribution >= 4 is 0 Å². The second kappa shape index (κ2) is 5.62. The lowest BCUT2D eigenvalue weighted by Gasteiger charge is -2.14. The SMILES string of the molecule is C#CCCCC(N)c1c(F)ccc(C)c1F. The van der Waals surface area contributed by atoms with Crippen molar-refractivity contribution in [2.24, 2.45) is 5.73 Å². The number of aryl methyl sites for hydroxylation is 1. The van der Waals surface area contributed by atoms with Crippen molar-refractivity contribution < 1.29 is 8.78 Å². The van der Waals surface area contributed by atoms with Crippen LogP contribution in [0.1, 0.15) is 36.4 Å². The molecule has 16 heavy (non-hydrogen) atoms. The van der Waals surface area contributed by atoms with E-state index in [0.29, 0.717) is 24.8 Å². The Hall–Kier alpha value is -1.40. The number of unbranched alkanes of at least 4 members (excludes halogenated alkanes) is 1. The third-order valence-electron chi connectivity index (χ3n) is 2.53. The van der Waals surface area contributed by atoms with E-state index in [1.807, 2.05) is 0 Å². The van der Waals surface area contributed by atoms with E-state index in [9.17, 15) is 8.78 Å². The van der Waals surface area contributed by atoms with Gasteiger partial charge in [0.1, 0.15) is 11.6 Å². The van der Waals surface area contributed by atoms with Crippen LogP contribution in [0.15, 0.2) is 12.1 Å². The number of hydrogen-bond acceptors (Lipinski definition) is 1. The molecule has 0 amide bonds. The van der Waals surface area contributed by atoms with Crippen LogP contribution in [0.2, 0.25) is 0 Å². The molecule has 1 aromatic rings. The average molecular weight is 223 g/mol. The molecule has 0 heterocycles. The molecule has 0 bridgehead atoms. The smallest absolute Gasteiger partial charge is 0.133 e. The minimum absolute atomic E-state index is 0.0305. The van der Waals surface area contributed by atoms with E-state index >= 15 is 0 Å². The topological polar surface area (TPSA) is 26.0 Å². The molecular formula is C13H15F2N. The number of rotatable bonds is 4. The van der Waals surface area contributed by atoms with Crippen LogP contribution in [0.25, 0.3) is 0 Å². The largest absolute Gasteiger partial charge is 0.324 e. The van der Waals surface area contributed by atoms with Gasteiger partial charge in [-0.05, 0) is 31.4 Å². The fourth-order valence-corrected chi connectivity index (χ4v) is 1.59. The summed E-state index contributed by atoms with van der Waals surface area (Å²) in [6.07, 6.45) is 6.83. The van der Waals surface area contributed by atoms with E-state index in [1.165, 1.54) is 12.1 Å². The molecule has 1 aromatic carbocycles. The van der Waals surface area contributed by atoms with Crippen molar-refractivity contribution in [1.82, 2.24) is 0 Å². The van der Waals surface area contributed by atoms with Gasteiger partial charge in [0.25, 0.3) is 0 Å². The van der Waals surface area contributed by atoms with Gasteiger partial charge in [-0.15, -0.1) is 12.3 Å². The zero-order chi connectivity index (χ0) is 12.1. The van der Waals surface area contributed by atoms with Gasteiger partial charge < -0.3 is 5.73 Å². The van der Waals surface area contributed by atoms with Crippen LogP contribution >= 0.6 is 0 Å². The molecule has 0 saturated carbocycles. The van der Waals surface area contributed by atoms with Crippen LogP contribution < -0.4 is 5.73 Å². The van der Waals surface area contributed by atoms with Crippen LogP contribution in [-0.2, 0) is 0 Å². The molecule has 0 aliphatic rings. The van der Waals surface area contributed by atoms with Crippen molar-refractivity contribution in [3.05, 3.63) is 34.9 Å². The van der Waals surface area contributed by atoms with Gasteiger partial charge >= 0.3 is 0 Å². The number of hydrogen-bond donors (Lipinski definition) is 1. The molecule has 0 aliphatic carbocycles. The van der Waals surface area contributed by atoms with Crippen molar-refractivity contribution in [2.45, 2.75) is 32.2 Å². The Bertz CT molecular complexity index is 407. The van der Waals surface area contributed by atoms with Crippen LogP contribution in [0.5, 0.6) is 0 Å². The van der Waals surface area contributed by atoms with Crippen molar-refractivity contribution in [2.75, 3.05) is 0 Å². The summed E-state index contributed by atoms with van der Waals surface area (Å²) in [5.41, 5.74) is 6.13. The molecule has 3 heteroatoms. The standard InChI is InChI=1S/C13H15F2N/c1-3-4-5-6-11(16)12-10(14)8-7-9(2)13(12)15/h1,7-8,11H,4-6,16H2,2H3. The highest BCUT2D eigenvalue weighted by Gasteiger charge is 2.17. The Morgan fingerprint density at radius 3 is 2.75 bits per heavy atom. The van der Waals surface area contributed by atoms with Crippen molar-refractivity contribution in [1.29, 1.82) is 0 Å². The van der Waals surface area contributed by atoms with Crippen LogP contribution in [0.4, 0.5) is 8.78 Å². The van der Waals surface area contributed by atoms with Crippen molar-refractivity contribution in [3.8, 4) is 12.3 Å². The fourth-order valence-electron chi connectivity index (χ4n) is 1.59. The summed E-state index contributed by atoms with van der Waals surface area (Å²) in [6.45, 7) is 1.59. The summed E-state index contributed by atoms with van der Waals surface area (Å²) < 4.78 is 27.1. The molecule has 0 fully saturated rings. The highest BCUT2D eigenvalue weighted by Crippen LogP contribution is 2.24. The second-order valence-corrected chi connectivity index (χ2v) is 3.79. The third kappa shape index (κ3) is 2.80. The van der Waals surface area contributed by atoms with Crippen molar-refractivity contribution in [3.63, 3.8) is 0 Å². The van der Waals surface area contributed by atoms with Gasteiger partial charge in [-0.25, -0.2) is 8.78 Å². The third-order valence-corrected chi connectivity index (χ3v) is 2.53. The number of nitrogens with two attached hydrogens (primary N) is 1. The van der Waals surface area contributed by atoms with E-state index in [4.69, 9.17) is 12.2 Å². The predicted molar refractivity (Wildman–Crippen MR) is 60.7 cm³/mol. The first kappa shape index (κ1) is 12.7. The fraction of sp³-hybridized carbons (Fsp3) is 0.385. The number of terminal acetylenes is 1. The summed E-state index contributed by atoms with van der Waals surface area (Å²) in [4.78, 5) is 0. The zero-order valence-corrected chi connectivity index (χ0v) is 9.26. The molecule has 0 spiro atoms. The Balaban J connectivity index is 2.86. The molecule has 0 saturated heterocycles. The lowest BCUT2D eigenvalue weighted by atomic mass is 9.99. The minimum atomic E-state index is -0.631. The van der Waals surface area contributed by atoms with E-state index in [0.717, 1.165) is 0 Å². The zero-order valence-electron chi connectivity index (χ0n) is 9.26. The first-order valence-corrected chi connectivity index (χ1v) is 5.21. The maximum atomic E-state index is 13.7. The van der Waals surface area contributed by atoms with Crippen LogP contribution in [-0.4, -0.2) is 0 Å². The summed E-state index contributed by atoms with van der Waals surface area (Å²) in [7, 11) is 0. The van der Waals surface area contributed by atoms with Gasteiger partial charge in [0.2, 0.25) is 0 Å². The monoisotopic (exact) mass is 223 g/mol. The van der Waals surface area contributed by atoms with Gasteiger partial charge in [0, 0.05) is 18.0 Å². The summed E-state index contributed by atoms with van der Waals surface area (Å²) >= 11 is 0. The summed E-state index contributed by atoms with van der Waals surface area (Å²) in [5.74, 6) is 1.34. The first-order valence-electron chi connectivity index (χ1n) is 5.21. The number of halogens is 2. The number of benzene rings is 1. The predicted octanol–water partition coefficient (Wildman–Crippen LogP) is 3.08. The summed E-state index contributed by atoms with van der Waals surface area (Å²) in [6, 6.07) is 2.02. The first-order chi connectivity index (χ1) is 7.57. The molecule has 2 N–H and O–H groups in total. The highest BCUT2D eigenvalue weighted by molar-refractivity contribution is 5.29. The molecule has 1 unspecified atom stereocenters. The van der Waals surface area contributed by atoms with Gasteiger partial charge in [-0.1, -0.05) is 6.07 Å². The Morgan fingerprint density at radius 2 is 2.12 bits per heavy atom. The lowest BCUT2D eigenvalue weighted by molar-refractivity contribution is 0.502. The molecule has 86 valence electrons. The quantitative estimate of drug-likeness (QED) is 0.616. The molecule has 0 aliphatic heterocycles. The molecular weight excluding hydrogens is 208 g/mol. The Labute approximate surface area is 94.7 Å². The Morgan fingerprint density at radius 1 is 1.44 bits per heavy atom. The molecule has 1 nitrogen and oxygen atoms in total. The lowest BCUT2D eigenvalue weighted by Crippen LogP contribution is -2.15. The van der Waals surface area contributed by atoms with Gasteiger partial charge in [0.05, 0.1) is 0 Å². The van der Waals surface area contributed by atoms with E-state index in [2.05, 4.69) is 5.92 Å². The summed E-state index contributed by atoms with van der Waals surface area (Å²) in [5, 5.41) is 0. The maximum absolute atomic E-state index is 13.7. The van der Waals surface area contributed by atoms with Gasteiger partial charge in [-0.2, -0.15) is 0 Å². The van der Waals surface area contributed by atoms with Gasteiger partial charge in [-0.3, -0.25) is 0 Å². The van der Waals surface area contributed by atoms with Crippen LogP contribution in [0, 0.1) is 30.9 Å². The second-order valence-electron chi connectivity index (χ2n) is 3.79. The van der Waals surface area contributed by atoms with E-state index < -0.39 is 17.7 Å². The van der Waals surface area contributed by atoms with E-state index in [1.54, 1.807) is 6.92 Å². The van der Waals surface area contributed by atoms with E-state index in [-0.39, 0.29) is 5.56 Å². The molecule has 1 atom stereocenters. The average Bonchev–Trinajstić information content (AvgIpc) is 2.24. The Kier molecular flexibility index (Phi) is 4.45. The normalized spacial score (nSPS) is 12.2. The maximum Gasteiger partial charge on any atom is 0.133 e. The molecule has 0 radical (unpaired) electrons.